The van der Waals surface area contributed by atoms with Gasteiger partial charge in [-0.15, -0.1) is 0 Å². The van der Waals surface area contributed by atoms with Crippen molar-refractivity contribution in [1.82, 2.24) is 15.1 Å². The van der Waals surface area contributed by atoms with Gasteiger partial charge in [-0.25, -0.2) is 9.18 Å². The van der Waals surface area contributed by atoms with Crippen molar-refractivity contribution in [2.45, 2.75) is 38.5 Å². The molecule has 3 rings (SSSR count). The first kappa shape index (κ1) is 16.4. The van der Waals surface area contributed by atoms with E-state index in [1.807, 2.05) is 6.92 Å². The highest BCUT2D eigenvalue weighted by Gasteiger charge is 2.28. The third-order valence-electron chi connectivity index (χ3n) is 4.07. The zero-order chi connectivity index (χ0) is 16.9. The second kappa shape index (κ2) is 7.44. The van der Waals surface area contributed by atoms with Crippen molar-refractivity contribution in [3.05, 3.63) is 48.0 Å². The summed E-state index contributed by atoms with van der Waals surface area (Å²) in [5.74, 6) is -0.304. The van der Waals surface area contributed by atoms with Gasteiger partial charge in [-0.05, 0) is 37.5 Å². The topological polar surface area (TPSA) is 68.2 Å². The number of hydrogen-bond donors (Lipinski definition) is 2. The summed E-state index contributed by atoms with van der Waals surface area (Å²) in [6.07, 6.45) is 5.06. The van der Waals surface area contributed by atoms with Crippen LogP contribution in [-0.4, -0.2) is 28.5 Å². The number of aryl methyl sites for hydroxylation is 1. The van der Waals surface area contributed by atoms with Gasteiger partial charge in [0.25, 0.3) is 0 Å². The molecule has 1 aliphatic heterocycles. The number of amides is 2. The Hall–Kier alpha value is -2.41. The Morgan fingerprint density at radius 3 is 2.88 bits per heavy atom. The van der Waals surface area contributed by atoms with Crippen LogP contribution in [0.2, 0.25) is 0 Å². The Morgan fingerprint density at radius 2 is 2.25 bits per heavy atom. The van der Waals surface area contributed by atoms with Crippen LogP contribution in [0.15, 0.2) is 36.7 Å². The summed E-state index contributed by atoms with van der Waals surface area (Å²) < 4.78 is 20.6. The molecule has 0 aliphatic carbocycles. The molecule has 0 spiro atoms. The van der Waals surface area contributed by atoms with E-state index >= 15 is 0 Å². The molecule has 1 fully saturated rings. The van der Waals surface area contributed by atoms with Crippen LogP contribution in [0, 0.1) is 5.82 Å². The number of hydrogen-bond acceptors (Lipinski definition) is 3. The van der Waals surface area contributed by atoms with Gasteiger partial charge in [0.2, 0.25) is 0 Å². The molecule has 0 radical (unpaired) electrons. The minimum atomic E-state index is -0.338. The zero-order valence-corrected chi connectivity index (χ0v) is 13.5. The van der Waals surface area contributed by atoms with Gasteiger partial charge in [-0.3, -0.25) is 4.68 Å². The van der Waals surface area contributed by atoms with Gasteiger partial charge in [-0.1, -0.05) is 12.1 Å². The second-order valence-corrected chi connectivity index (χ2v) is 5.76. The van der Waals surface area contributed by atoms with Gasteiger partial charge >= 0.3 is 6.03 Å². The molecule has 2 N–H and O–H groups in total. The molecule has 128 valence electrons. The highest BCUT2D eigenvalue weighted by molar-refractivity contribution is 5.89. The maximum absolute atomic E-state index is 13.2. The van der Waals surface area contributed by atoms with Gasteiger partial charge in [0, 0.05) is 19.3 Å². The Bertz CT molecular complexity index is 680. The van der Waals surface area contributed by atoms with Crippen LogP contribution in [0.25, 0.3) is 0 Å². The van der Waals surface area contributed by atoms with Crippen LogP contribution < -0.4 is 10.6 Å². The molecule has 24 heavy (non-hydrogen) atoms. The van der Waals surface area contributed by atoms with Crippen molar-refractivity contribution in [3.8, 4) is 0 Å². The molecule has 0 bridgehead atoms. The molecule has 7 heteroatoms. The van der Waals surface area contributed by atoms with E-state index in [0.717, 1.165) is 24.9 Å². The summed E-state index contributed by atoms with van der Waals surface area (Å²) in [6.45, 7) is 3.38. The van der Waals surface area contributed by atoms with E-state index in [4.69, 9.17) is 4.74 Å². The third kappa shape index (κ3) is 3.91. The van der Waals surface area contributed by atoms with Crippen LogP contribution in [0.3, 0.4) is 0 Å². The molecule has 1 saturated heterocycles. The number of anilines is 1. The fourth-order valence-corrected chi connectivity index (χ4v) is 2.84. The van der Waals surface area contributed by atoms with Gasteiger partial charge in [0.1, 0.15) is 5.82 Å². The van der Waals surface area contributed by atoms with Gasteiger partial charge in [0.05, 0.1) is 24.0 Å². The minimum Gasteiger partial charge on any atom is -0.376 e. The molecule has 0 unspecified atom stereocenters. The number of urea groups is 1. The van der Waals surface area contributed by atoms with E-state index in [2.05, 4.69) is 15.7 Å². The Balaban J connectivity index is 1.70. The van der Waals surface area contributed by atoms with Gasteiger partial charge in [-0.2, -0.15) is 5.10 Å². The van der Waals surface area contributed by atoms with E-state index in [0.29, 0.717) is 12.3 Å². The van der Waals surface area contributed by atoms with Crippen molar-refractivity contribution >= 4 is 11.7 Å². The third-order valence-corrected chi connectivity index (χ3v) is 4.07. The number of nitrogens with zero attached hydrogens (tertiary/aromatic N) is 2. The normalized spacial score (nSPS) is 18.3. The Kier molecular flexibility index (Phi) is 5.10. The maximum Gasteiger partial charge on any atom is 0.319 e. The SMILES string of the molecule is CCn1cc(NC(=O)N[C@H](c2ccc(F)cc2)[C@@H]2CCCO2)cn1. The van der Waals surface area contributed by atoms with Crippen molar-refractivity contribution in [2.24, 2.45) is 0 Å². The lowest BCUT2D eigenvalue weighted by atomic mass is 9.99. The van der Waals surface area contributed by atoms with Crippen LogP contribution in [0.4, 0.5) is 14.9 Å². The van der Waals surface area contributed by atoms with Crippen LogP contribution in [0.5, 0.6) is 0 Å². The molecule has 2 atom stereocenters. The standard InChI is InChI=1S/C17H21FN4O2/c1-2-22-11-14(10-19-22)20-17(23)21-16(15-4-3-9-24-15)12-5-7-13(18)8-6-12/h5-8,10-11,15-16H,2-4,9H2,1H3,(H2,20,21,23)/t15-,16+/m0/s1. The van der Waals surface area contributed by atoms with Gasteiger partial charge in [0.15, 0.2) is 0 Å². The lowest BCUT2D eigenvalue weighted by Crippen LogP contribution is -2.38. The number of halogens is 1. The number of nitrogens with one attached hydrogen (secondary N) is 2. The van der Waals surface area contributed by atoms with Crippen molar-refractivity contribution in [3.63, 3.8) is 0 Å². The van der Waals surface area contributed by atoms with Crippen molar-refractivity contribution in [1.29, 1.82) is 0 Å². The second-order valence-electron chi connectivity index (χ2n) is 5.76. The molecular formula is C17H21FN4O2. The Labute approximate surface area is 140 Å². The van der Waals surface area contributed by atoms with E-state index in [1.165, 1.54) is 12.1 Å². The molecule has 0 saturated carbocycles. The van der Waals surface area contributed by atoms with E-state index in [-0.39, 0.29) is 24.0 Å². The monoisotopic (exact) mass is 332 g/mol. The first-order valence-corrected chi connectivity index (χ1v) is 8.12. The highest BCUT2D eigenvalue weighted by atomic mass is 19.1. The number of carbonyl (C=O) groups excluding carboxylic acids is 1. The lowest BCUT2D eigenvalue weighted by Gasteiger charge is -2.24. The summed E-state index contributed by atoms with van der Waals surface area (Å²) in [7, 11) is 0. The van der Waals surface area contributed by atoms with E-state index < -0.39 is 0 Å². The lowest BCUT2D eigenvalue weighted by molar-refractivity contribution is 0.0815. The highest BCUT2D eigenvalue weighted by Crippen LogP contribution is 2.27. The molecule has 1 aromatic carbocycles. The summed E-state index contributed by atoms with van der Waals surface area (Å²) >= 11 is 0. The molecule has 6 nitrogen and oxygen atoms in total. The van der Waals surface area contributed by atoms with Crippen LogP contribution >= 0.6 is 0 Å². The fourth-order valence-electron chi connectivity index (χ4n) is 2.84. The first-order chi connectivity index (χ1) is 11.7. The van der Waals surface area contributed by atoms with E-state index in [1.54, 1.807) is 29.2 Å². The number of ether oxygens (including phenoxy) is 1. The van der Waals surface area contributed by atoms with Crippen LogP contribution in [0.1, 0.15) is 31.4 Å². The van der Waals surface area contributed by atoms with Crippen molar-refractivity contribution in [2.75, 3.05) is 11.9 Å². The summed E-state index contributed by atoms with van der Waals surface area (Å²) in [5, 5.41) is 9.82. The van der Waals surface area contributed by atoms with Crippen LogP contribution in [-0.2, 0) is 11.3 Å². The number of rotatable bonds is 5. The average molecular weight is 332 g/mol. The fraction of sp³-hybridized carbons (Fsp3) is 0.412. The summed E-state index contributed by atoms with van der Waals surface area (Å²) in [5.41, 5.74) is 1.45. The summed E-state index contributed by atoms with van der Waals surface area (Å²) in [4.78, 5) is 12.3. The summed E-state index contributed by atoms with van der Waals surface area (Å²) in [6, 6.07) is 5.48. The molecule has 2 amide bonds. The first-order valence-electron chi connectivity index (χ1n) is 8.12. The molecule has 1 aromatic heterocycles. The van der Waals surface area contributed by atoms with Crippen molar-refractivity contribution < 1.29 is 13.9 Å². The smallest absolute Gasteiger partial charge is 0.319 e. The molecule has 2 heterocycles. The van der Waals surface area contributed by atoms with E-state index in [9.17, 15) is 9.18 Å². The predicted octanol–water partition coefficient (Wildman–Crippen LogP) is 3.08. The minimum absolute atomic E-state index is 0.112. The Morgan fingerprint density at radius 1 is 1.46 bits per heavy atom. The van der Waals surface area contributed by atoms with Gasteiger partial charge < -0.3 is 15.4 Å². The molecule has 2 aromatic rings. The molecule has 1 aliphatic rings. The maximum atomic E-state index is 13.2. The zero-order valence-electron chi connectivity index (χ0n) is 13.5. The number of benzene rings is 1. The number of carbonyl (C=O) groups is 1. The largest absolute Gasteiger partial charge is 0.376 e. The average Bonchev–Trinajstić information content (AvgIpc) is 3.25. The molecular weight excluding hydrogens is 311 g/mol. The predicted molar refractivity (Wildman–Crippen MR) is 88.2 cm³/mol. The number of aromatic nitrogens is 2. The quantitative estimate of drug-likeness (QED) is 0.884.